The molecule has 1 fully saturated rings. The first-order valence-corrected chi connectivity index (χ1v) is 7.78. The third-order valence-corrected chi connectivity index (χ3v) is 4.01. The standard InChI is InChI=1S/C17H19N3O4/c1-17(24,16(22)23)10-18-15(21)14-9-13(11-7-8-11)19-20(14)12-5-3-2-4-6-12/h2-6,9,11,24H,7-8,10H2,1H3,(H,18,21)(H,22,23). The predicted octanol–water partition coefficient (Wildman–Crippen LogP) is 1.32. The lowest BCUT2D eigenvalue weighted by Crippen LogP contribution is -2.46. The first-order chi connectivity index (χ1) is 11.4. The Morgan fingerprint density at radius 1 is 1.33 bits per heavy atom. The van der Waals surface area contributed by atoms with E-state index in [1.54, 1.807) is 10.7 Å². The van der Waals surface area contributed by atoms with Crippen molar-refractivity contribution < 1.29 is 19.8 Å². The fourth-order valence-corrected chi connectivity index (χ4v) is 2.32. The molecule has 24 heavy (non-hydrogen) atoms. The minimum Gasteiger partial charge on any atom is -0.479 e. The van der Waals surface area contributed by atoms with Gasteiger partial charge in [0, 0.05) is 5.92 Å². The number of carboxylic acids is 1. The molecular formula is C17H19N3O4. The summed E-state index contributed by atoms with van der Waals surface area (Å²) < 4.78 is 1.55. The van der Waals surface area contributed by atoms with E-state index in [1.165, 1.54) is 0 Å². The summed E-state index contributed by atoms with van der Waals surface area (Å²) in [6, 6.07) is 11.0. The largest absolute Gasteiger partial charge is 0.479 e. The summed E-state index contributed by atoms with van der Waals surface area (Å²) in [7, 11) is 0. The van der Waals surface area contributed by atoms with Crippen LogP contribution in [0.25, 0.3) is 5.69 Å². The third kappa shape index (κ3) is 3.30. The number of aromatic nitrogens is 2. The summed E-state index contributed by atoms with van der Waals surface area (Å²) >= 11 is 0. The molecule has 1 atom stereocenters. The summed E-state index contributed by atoms with van der Waals surface area (Å²) in [6.07, 6.45) is 2.11. The Labute approximate surface area is 138 Å². The first-order valence-electron chi connectivity index (χ1n) is 7.78. The van der Waals surface area contributed by atoms with Crippen molar-refractivity contribution in [2.45, 2.75) is 31.3 Å². The molecular weight excluding hydrogens is 310 g/mol. The number of benzene rings is 1. The van der Waals surface area contributed by atoms with E-state index < -0.39 is 17.5 Å². The van der Waals surface area contributed by atoms with E-state index in [0.29, 0.717) is 11.6 Å². The van der Waals surface area contributed by atoms with Crippen molar-refractivity contribution in [1.82, 2.24) is 15.1 Å². The van der Waals surface area contributed by atoms with Crippen LogP contribution in [0.1, 0.15) is 41.9 Å². The van der Waals surface area contributed by atoms with Gasteiger partial charge in [-0.3, -0.25) is 4.79 Å². The zero-order valence-electron chi connectivity index (χ0n) is 13.3. The predicted molar refractivity (Wildman–Crippen MR) is 86.1 cm³/mol. The molecule has 3 N–H and O–H groups in total. The van der Waals surface area contributed by atoms with Crippen LogP contribution in [0.4, 0.5) is 0 Å². The van der Waals surface area contributed by atoms with Crippen LogP contribution >= 0.6 is 0 Å². The summed E-state index contributed by atoms with van der Waals surface area (Å²) in [5, 5.41) is 25.7. The van der Waals surface area contributed by atoms with Gasteiger partial charge in [-0.05, 0) is 38.0 Å². The van der Waals surface area contributed by atoms with E-state index in [0.717, 1.165) is 31.1 Å². The number of para-hydroxylation sites is 1. The summed E-state index contributed by atoms with van der Waals surface area (Å²) in [6.45, 7) is 0.750. The number of aliphatic hydroxyl groups is 1. The highest BCUT2D eigenvalue weighted by Crippen LogP contribution is 2.39. The molecule has 0 saturated heterocycles. The van der Waals surface area contributed by atoms with E-state index in [9.17, 15) is 14.7 Å². The van der Waals surface area contributed by atoms with Crippen molar-refractivity contribution in [2.75, 3.05) is 6.54 Å². The number of amides is 1. The Balaban J connectivity index is 1.86. The number of nitrogens with zero attached hydrogens (tertiary/aromatic N) is 2. The minimum atomic E-state index is -2.02. The van der Waals surface area contributed by atoms with Crippen LogP contribution in [-0.4, -0.2) is 44.0 Å². The molecule has 2 aromatic rings. The van der Waals surface area contributed by atoms with Gasteiger partial charge in [-0.2, -0.15) is 5.10 Å². The zero-order chi connectivity index (χ0) is 17.3. The number of carboxylic acid groups (broad SMARTS) is 1. The number of hydrogen-bond donors (Lipinski definition) is 3. The van der Waals surface area contributed by atoms with Gasteiger partial charge in [0.1, 0.15) is 5.69 Å². The summed E-state index contributed by atoms with van der Waals surface area (Å²) in [5.74, 6) is -1.48. The molecule has 1 aromatic carbocycles. The van der Waals surface area contributed by atoms with Crippen LogP contribution in [0.3, 0.4) is 0 Å². The van der Waals surface area contributed by atoms with Crippen LogP contribution in [0, 0.1) is 0 Å². The maximum absolute atomic E-state index is 12.5. The fraction of sp³-hybridized carbons (Fsp3) is 0.353. The Hall–Kier alpha value is -2.67. The molecule has 126 valence electrons. The van der Waals surface area contributed by atoms with Crippen molar-refractivity contribution in [3.8, 4) is 5.69 Å². The van der Waals surface area contributed by atoms with Gasteiger partial charge in [-0.15, -0.1) is 0 Å². The van der Waals surface area contributed by atoms with Gasteiger partial charge in [0.2, 0.25) is 0 Å². The van der Waals surface area contributed by atoms with E-state index in [-0.39, 0.29) is 6.54 Å². The van der Waals surface area contributed by atoms with Crippen molar-refractivity contribution >= 4 is 11.9 Å². The maximum Gasteiger partial charge on any atom is 0.337 e. The quantitative estimate of drug-likeness (QED) is 0.741. The lowest BCUT2D eigenvalue weighted by atomic mass is 10.1. The maximum atomic E-state index is 12.5. The van der Waals surface area contributed by atoms with Gasteiger partial charge >= 0.3 is 5.97 Å². The molecule has 1 aliphatic carbocycles. The highest BCUT2D eigenvalue weighted by molar-refractivity contribution is 5.94. The molecule has 0 spiro atoms. The normalized spacial score (nSPS) is 16.4. The van der Waals surface area contributed by atoms with Gasteiger partial charge in [-0.1, -0.05) is 18.2 Å². The Bertz CT molecular complexity index is 763. The average Bonchev–Trinajstić information content (AvgIpc) is 3.32. The van der Waals surface area contributed by atoms with Gasteiger partial charge in [-0.25, -0.2) is 9.48 Å². The topological polar surface area (TPSA) is 104 Å². The number of hydrogen-bond acceptors (Lipinski definition) is 4. The smallest absolute Gasteiger partial charge is 0.337 e. The molecule has 0 bridgehead atoms. The lowest BCUT2D eigenvalue weighted by Gasteiger charge is -2.18. The van der Waals surface area contributed by atoms with Crippen LogP contribution < -0.4 is 5.32 Å². The first kappa shape index (κ1) is 16.2. The van der Waals surface area contributed by atoms with E-state index in [2.05, 4.69) is 10.4 Å². The SMILES string of the molecule is CC(O)(CNC(=O)c1cc(C2CC2)nn1-c1ccccc1)C(=O)O. The lowest BCUT2D eigenvalue weighted by molar-refractivity contribution is -0.155. The number of aliphatic carboxylic acids is 1. The van der Waals surface area contributed by atoms with Crippen molar-refractivity contribution in [3.63, 3.8) is 0 Å². The van der Waals surface area contributed by atoms with Crippen LogP contribution in [0.5, 0.6) is 0 Å². The molecule has 1 aliphatic rings. The monoisotopic (exact) mass is 329 g/mol. The number of nitrogens with one attached hydrogen (secondary N) is 1. The molecule has 0 aliphatic heterocycles. The van der Waals surface area contributed by atoms with Gasteiger partial charge < -0.3 is 15.5 Å². The number of carbonyl (C=O) groups is 2. The molecule has 3 rings (SSSR count). The van der Waals surface area contributed by atoms with E-state index in [1.807, 2.05) is 30.3 Å². The molecule has 1 saturated carbocycles. The van der Waals surface area contributed by atoms with Crippen molar-refractivity contribution in [3.05, 3.63) is 47.8 Å². The van der Waals surface area contributed by atoms with Crippen LogP contribution in [-0.2, 0) is 4.79 Å². The Kier molecular flexibility index (Phi) is 4.11. The number of rotatable bonds is 6. The average molecular weight is 329 g/mol. The van der Waals surface area contributed by atoms with E-state index in [4.69, 9.17) is 5.11 Å². The third-order valence-electron chi connectivity index (χ3n) is 4.01. The van der Waals surface area contributed by atoms with E-state index >= 15 is 0 Å². The molecule has 0 radical (unpaired) electrons. The molecule has 7 nitrogen and oxygen atoms in total. The van der Waals surface area contributed by atoms with Gasteiger partial charge in [0.05, 0.1) is 17.9 Å². The molecule has 1 amide bonds. The van der Waals surface area contributed by atoms with Gasteiger partial charge in [0.25, 0.3) is 5.91 Å². The van der Waals surface area contributed by atoms with Crippen molar-refractivity contribution in [1.29, 1.82) is 0 Å². The highest BCUT2D eigenvalue weighted by Gasteiger charge is 2.32. The minimum absolute atomic E-state index is 0.323. The molecule has 1 heterocycles. The fourth-order valence-electron chi connectivity index (χ4n) is 2.32. The zero-order valence-corrected chi connectivity index (χ0v) is 13.3. The summed E-state index contributed by atoms with van der Waals surface area (Å²) in [5.41, 5.74) is -0.0927. The second-order valence-corrected chi connectivity index (χ2v) is 6.24. The number of carbonyl (C=O) groups excluding carboxylic acids is 1. The van der Waals surface area contributed by atoms with Crippen molar-refractivity contribution in [2.24, 2.45) is 0 Å². The van der Waals surface area contributed by atoms with Gasteiger partial charge in [0.15, 0.2) is 5.60 Å². The molecule has 7 heteroatoms. The second-order valence-electron chi connectivity index (χ2n) is 6.24. The molecule has 1 aromatic heterocycles. The highest BCUT2D eigenvalue weighted by atomic mass is 16.4. The second kappa shape index (κ2) is 6.09. The Morgan fingerprint density at radius 2 is 2.00 bits per heavy atom. The van der Waals surface area contributed by atoms with Crippen LogP contribution in [0.2, 0.25) is 0 Å². The van der Waals surface area contributed by atoms with Crippen LogP contribution in [0.15, 0.2) is 36.4 Å². The summed E-state index contributed by atoms with van der Waals surface area (Å²) in [4.78, 5) is 23.4. The Morgan fingerprint density at radius 3 is 2.58 bits per heavy atom. The molecule has 1 unspecified atom stereocenters.